The lowest BCUT2D eigenvalue weighted by Crippen LogP contribution is -2.36. The summed E-state index contributed by atoms with van der Waals surface area (Å²) in [5, 5.41) is 0. The van der Waals surface area contributed by atoms with Crippen LogP contribution in [0, 0.1) is 17.8 Å². The highest BCUT2D eigenvalue weighted by Crippen LogP contribution is 2.31. The van der Waals surface area contributed by atoms with Crippen molar-refractivity contribution in [3.63, 3.8) is 0 Å². The van der Waals surface area contributed by atoms with Crippen LogP contribution in [-0.4, -0.2) is 44.8 Å². The van der Waals surface area contributed by atoms with Crippen LogP contribution in [0.1, 0.15) is 32.1 Å². The third-order valence-electron chi connectivity index (χ3n) is 4.63. The van der Waals surface area contributed by atoms with E-state index in [1.165, 1.54) is 51.7 Å². The molecule has 100 valence electrons. The smallest absolute Gasteiger partial charge is 0.0503 e. The first-order valence-corrected chi connectivity index (χ1v) is 7.24. The van der Waals surface area contributed by atoms with Crippen LogP contribution >= 0.6 is 0 Å². The van der Waals surface area contributed by atoms with Gasteiger partial charge in [0.15, 0.2) is 0 Å². The SMILES string of the molecule is COCC1CCN(CC2CCCCC2CN)C1. The van der Waals surface area contributed by atoms with Gasteiger partial charge in [-0.3, -0.25) is 0 Å². The fourth-order valence-electron chi connectivity index (χ4n) is 3.62. The molecule has 2 rings (SSSR count). The molecule has 0 bridgehead atoms. The maximum absolute atomic E-state index is 5.90. The molecule has 0 amide bonds. The molecule has 0 radical (unpaired) electrons. The average Bonchev–Trinajstić information content (AvgIpc) is 2.78. The number of nitrogens with zero attached hydrogens (tertiary/aromatic N) is 1. The quantitative estimate of drug-likeness (QED) is 0.795. The fourth-order valence-corrected chi connectivity index (χ4v) is 3.62. The third-order valence-corrected chi connectivity index (χ3v) is 4.63. The van der Waals surface area contributed by atoms with Crippen LogP contribution in [0.2, 0.25) is 0 Å². The summed E-state index contributed by atoms with van der Waals surface area (Å²) in [6.45, 7) is 5.60. The molecule has 0 aromatic rings. The van der Waals surface area contributed by atoms with E-state index < -0.39 is 0 Å². The van der Waals surface area contributed by atoms with Crippen LogP contribution in [0.5, 0.6) is 0 Å². The first kappa shape index (κ1) is 13.3. The summed E-state index contributed by atoms with van der Waals surface area (Å²) in [5.41, 5.74) is 5.90. The third kappa shape index (κ3) is 3.67. The van der Waals surface area contributed by atoms with E-state index in [4.69, 9.17) is 10.5 Å². The Bertz CT molecular complexity index is 222. The topological polar surface area (TPSA) is 38.5 Å². The van der Waals surface area contributed by atoms with Crippen LogP contribution in [0.25, 0.3) is 0 Å². The number of hydrogen-bond acceptors (Lipinski definition) is 3. The van der Waals surface area contributed by atoms with Gasteiger partial charge in [0.05, 0.1) is 6.61 Å². The highest BCUT2D eigenvalue weighted by molar-refractivity contribution is 4.82. The van der Waals surface area contributed by atoms with Gasteiger partial charge in [-0.05, 0) is 50.1 Å². The van der Waals surface area contributed by atoms with Gasteiger partial charge in [0.25, 0.3) is 0 Å². The zero-order chi connectivity index (χ0) is 12.1. The molecule has 1 aliphatic carbocycles. The second kappa shape index (κ2) is 6.72. The van der Waals surface area contributed by atoms with Gasteiger partial charge in [0.2, 0.25) is 0 Å². The number of methoxy groups -OCH3 is 1. The van der Waals surface area contributed by atoms with Gasteiger partial charge >= 0.3 is 0 Å². The summed E-state index contributed by atoms with van der Waals surface area (Å²) < 4.78 is 5.26. The Balaban J connectivity index is 1.76. The molecule has 1 saturated carbocycles. The Kier molecular flexibility index (Phi) is 5.26. The second-order valence-corrected chi connectivity index (χ2v) is 5.91. The lowest BCUT2D eigenvalue weighted by atomic mass is 9.79. The lowest BCUT2D eigenvalue weighted by molar-refractivity contribution is 0.140. The van der Waals surface area contributed by atoms with Gasteiger partial charge in [-0.2, -0.15) is 0 Å². The molecule has 2 aliphatic rings. The van der Waals surface area contributed by atoms with E-state index in [2.05, 4.69) is 4.90 Å². The zero-order valence-electron chi connectivity index (χ0n) is 11.2. The molecule has 3 heteroatoms. The minimum atomic E-state index is 0.764. The fraction of sp³-hybridized carbons (Fsp3) is 1.00. The minimum absolute atomic E-state index is 0.764. The van der Waals surface area contributed by atoms with Crippen LogP contribution < -0.4 is 5.73 Å². The zero-order valence-corrected chi connectivity index (χ0v) is 11.2. The molecule has 0 aromatic carbocycles. The predicted octanol–water partition coefficient (Wildman–Crippen LogP) is 1.72. The molecule has 0 spiro atoms. The van der Waals surface area contributed by atoms with Crippen LogP contribution in [0.3, 0.4) is 0 Å². The monoisotopic (exact) mass is 240 g/mol. The van der Waals surface area contributed by atoms with E-state index in [1.807, 2.05) is 7.11 Å². The van der Waals surface area contributed by atoms with Crippen LogP contribution in [-0.2, 0) is 4.74 Å². The summed E-state index contributed by atoms with van der Waals surface area (Å²) in [4.78, 5) is 2.64. The largest absolute Gasteiger partial charge is 0.384 e. The Labute approximate surface area is 106 Å². The van der Waals surface area contributed by atoms with E-state index >= 15 is 0 Å². The second-order valence-electron chi connectivity index (χ2n) is 5.91. The molecule has 0 aromatic heterocycles. The maximum atomic E-state index is 5.90. The van der Waals surface area contributed by atoms with E-state index in [9.17, 15) is 0 Å². The number of hydrogen-bond donors (Lipinski definition) is 1. The van der Waals surface area contributed by atoms with Gasteiger partial charge in [-0.15, -0.1) is 0 Å². The summed E-state index contributed by atoms with van der Waals surface area (Å²) in [6.07, 6.45) is 6.87. The van der Waals surface area contributed by atoms with Crippen molar-refractivity contribution in [2.45, 2.75) is 32.1 Å². The van der Waals surface area contributed by atoms with Gasteiger partial charge in [-0.1, -0.05) is 12.8 Å². The van der Waals surface area contributed by atoms with Crippen LogP contribution in [0.15, 0.2) is 0 Å². The number of rotatable bonds is 5. The average molecular weight is 240 g/mol. The molecule has 3 atom stereocenters. The minimum Gasteiger partial charge on any atom is -0.384 e. The van der Waals surface area contributed by atoms with Crippen molar-refractivity contribution in [2.24, 2.45) is 23.5 Å². The predicted molar refractivity (Wildman–Crippen MR) is 70.9 cm³/mol. The van der Waals surface area contributed by atoms with Crippen molar-refractivity contribution in [1.29, 1.82) is 0 Å². The molecular formula is C14H28N2O. The van der Waals surface area contributed by atoms with Gasteiger partial charge in [0.1, 0.15) is 0 Å². The number of nitrogens with two attached hydrogens (primary N) is 1. The standard InChI is InChI=1S/C14H28N2O/c1-17-11-12-6-7-16(9-12)10-14-5-3-2-4-13(14)8-15/h12-14H,2-11,15H2,1H3. The Morgan fingerprint density at radius 3 is 2.65 bits per heavy atom. The molecule has 2 N–H and O–H groups in total. The molecule has 2 fully saturated rings. The normalized spacial score (nSPS) is 35.3. The highest BCUT2D eigenvalue weighted by atomic mass is 16.5. The molecule has 1 saturated heterocycles. The van der Waals surface area contributed by atoms with Gasteiger partial charge in [-0.25, -0.2) is 0 Å². The maximum Gasteiger partial charge on any atom is 0.0503 e. The van der Waals surface area contributed by atoms with Crippen molar-refractivity contribution < 1.29 is 4.74 Å². The Morgan fingerprint density at radius 2 is 1.94 bits per heavy atom. The summed E-state index contributed by atoms with van der Waals surface area (Å²) >= 11 is 0. The molecule has 3 nitrogen and oxygen atoms in total. The van der Waals surface area contributed by atoms with Crippen molar-refractivity contribution in [3.8, 4) is 0 Å². The molecule has 3 unspecified atom stereocenters. The first-order chi connectivity index (χ1) is 8.33. The van der Waals surface area contributed by atoms with Crippen molar-refractivity contribution in [1.82, 2.24) is 4.90 Å². The summed E-state index contributed by atoms with van der Waals surface area (Å²) in [6, 6.07) is 0. The van der Waals surface area contributed by atoms with E-state index in [0.717, 1.165) is 30.9 Å². The van der Waals surface area contributed by atoms with Gasteiger partial charge in [0, 0.05) is 20.2 Å². The van der Waals surface area contributed by atoms with E-state index in [-0.39, 0.29) is 0 Å². The van der Waals surface area contributed by atoms with Crippen molar-refractivity contribution in [2.75, 3.05) is 39.9 Å². The van der Waals surface area contributed by atoms with Crippen LogP contribution in [0.4, 0.5) is 0 Å². The molecule has 1 aliphatic heterocycles. The summed E-state index contributed by atoms with van der Waals surface area (Å²) in [5.74, 6) is 2.40. The first-order valence-electron chi connectivity index (χ1n) is 7.24. The summed E-state index contributed by atoms with van der Waals surface area (Å²) in [7, 11) is 1.81. The van der Waals surface area contributed by atoms with E-state index in [1.54, 1.807) is 0 Å². The molecular weight excluding hydrogens is 212 g/mol. The number of ether oxygens (including phenoxy) is 1. The molecule has 17 heavy (non-hydrogen) atoms. The van der Waals surface area contributed by atoms with Crippen molar-refractivity contribution in [3.05, 3.63) is 0 Å². The Hall–Kier alpha value is -0.120. The highest BCUT2D eigenvalue weighted by Gasteiger charge is 2.29. The Morgan fingerprint density at radius 1 is 1.18 bits per heavy atom. The van der Waals surface area contributed by atoms with Gasteiger partial charge < -0.3 is 15.4 Å². The van der Waals surface area contributed by atoms with Crippen molar-refractivity contribution >= 4 is 0 Å². The van der Waals surface area contributed by atoms with E-state index in [0.29, 0.717) is 0 Å². The number of likely N-dealkylation sites (tertiary alicyclic amines) is 1. The lowest BCUT2D eigenvalue weighted by Gasteiger charge is -2.33. The molecule has 1 heterocycles.